The number of nitrogens with one attached hydrogen (secondary N) is 1. The summed E-state index contributed by atoms with van der Waals surface area (Å²) in [5.74, 6) is -0.580. The molecular formula is C21H24N2O7. The van der Waals surface area contributed by atoms with E-state index in [9.17, 15) is 19.2 Å². The Balaban J connectivity index is 1.69. The lowest BCUT2D eigenvalue weighted by Gasteiger charge is -2.19. The summed E-state index contributed by atoms with van der Waals surface area (Å²) in [6, 6.07) is 6.03. The highest BCUT2D eigenvalue weighted by molar-refractivity contribution is 5.90. The summed E-state index contributed by atoms with van der Waals surface area (Å²) in [5, 5.41) is 3.10. The smallest absolute Gasteiger partial charge is 0.411 e. The molecule has 1 aromatic heterocycles. The number of nitrogens with zero attached hydrogens (tertiary/aromatic N) is 1. The van der Waals surface area contributed by atoms with Crippen molar-refractivity contribution < 1.29 is 28.3 Å². The number of benzene rings is 1. The van der Waals surface area contributed by atoms with Crippen LogP contribution in [0.25, 0.3) is 11.0 Å². The van der Waals surface area contributed by atoms with E-state index in [0.29, 0.717) is 29.6 Å². The number of amides is 2. The summed E-state index contributed by atoms with van der Waals surface area (Å²) in [4.78, 5) is 49.2. The molecule has 30 heavy (non-hydrogen) atoms. The summed E-state index contributed by atoms with van der Waals surface area (Å²) in [7, 11) is 0. The van der Waals surface area contributed by atoms with E-state index in [0.717, 1.165) is 19.3 Å². The molecule has 0 atom stereocenters. The number of rotatable bonds is 6. The van der Waals surface area contributed by atoms with Crippen LogP contribution in [0.2, 0.25) is 0 Å². The van der Waals surface area contributed by atoms with Crippen LogP contribution in [-0.4, -0.2) is 42.6 Å². The molecule has 1 aromatic carbocycles. The number of likely N-dealkylation sites (tertiary alicyclic amines) is 1. The van der Waals surface area contributed by atoms with Crippen LogP contribution in [0.4, 0.5) is 10.5 Å². The molecule has 0 bridgehead atoms. The van der Waals surface area contributed by atoms with Crippen molar-refractivity contribution in [2.24, 2.45) is 0 Å². The van der Waals surface area contributed by atoms with Gasteiger partial charge in [-0.1, -0.05) is 6.42 Å². The lowest BCUT2D eigenvalue weighted by molar-refractivity contribution is -0.150. The van der Waals surface area contributed by atoms with Gasteiger partial charge in [0.15, 0.2) is 0 Å². The van der Waals surface area contributed by atoms with Gasteiger partial charge in [-0.15, -0.1) is 0 Å². The van der Waals surface area contributed by atoms with Crippen molar-refractivity contribution >= 4 is 34.6 Å². The van der Waals surface area contributed by atoms with Crippen molar-refractivity contribution in [2.45, 2.75) is 39.2 Å². The first-order valence-corrected chi connectivity index (χ1v) is 9.90. The average molecular weight is 416 g/mol. The highest BCUT2D eigenvalue weighted by Gasteiger charge is 2.20. The third-order valence-electron chi connectivity index (χ3n) is 4.73. The standard InChI is InChI=1S/C21H24N2O7/c1-2-28-21(27)22-15-7-8-16-14(10-19(25)30-17(16)11-15)13-29-20(26)12-23-9-5-3-4-6-18(23)24/h7-8,10-11H,2-6,9,12-13H2,1H3,(H,22,27). The molecular weight excluding hydrogens is 392 g/mol. The van der Waals surface area contributed by atoms with E-state index in [1.54, 1.807) is 19.1 Å². The van der Waals surface area contributed by atoms with Crippen molar-refractivity contribution in [1.82, 2.24) is 4.90 Å². The quantitative estimate of drug-likeness (QED) is 0.569. The number of carbonyl (C=O) groups is 3. The van der Waals surface area contributed by atoms with Gasteiger partial charge in [-0.3, -0.25) is 14.9 Å². The lowest BCUT2D eigenvalue weighted by Crippen LogP contribution is -2.35. The predicted molar refractivity (Wildman–Crippen MR) is 108 cm³/mol. The van der Waals surface area contributed by atoms with Crippen LogP contribution in [0.1, 0.15) is 38.2 Å². The van der Waals surface area contributed by atoms with Crippen LogP contribution in [0.15, 0.2) is 33.5 Å². The van der Waals surface area contributed by atoms with Gasteiger partial charge < -0.3 is 18.8 Å². The second-order valence-electron chi connectivity index (χ2n) is 6.93. The SMILES string of the molecule is CCOC(=O)Nc1ccc2c(COC(=O)CN3CCCCCC3=O)cc(=O)oc2c1. The number of anilines is 1. The molecule has 0 spiro atoms. The third-order valence-corrected chi connectivity index (χ3v) is 4.73. The summed E-state index contributed by atoms with van der Waals surface area (Å²) in [6.45, 7) is 2.23. The molecule has 9 nitrogen and oxygen atoms in total. The molecule has 1 saturated heterocycles. The first kappa shape index (κ1) is 21.4. The minimum atomic E-state index is -0.618. The third kappa shape index (κ3) is 5.59. The monoisotopic (exact) mass is 416 g/mol. The molecule has 3 rings (SSSR count). The Bertz CT molecular complexity index is 999. The molecule has 160 valence electrons. The largest absolute Gasteiger partial charge is 0.459 e. The summed E-state index contributed by atoms with van der Waals surface area (Å²) < 4.78 is 15.3. The Labute approximate surface area is 172 Å². The normalized spacial score (nSPS) is 14.3. The van der Waals surface area contributed by atoms with E-state index >= 15 is 0 Å². The van der Waals surface area contributed by atoms with Crippen molar-refractivity contribution in [3.8, 4) is 0 Å². The van der Waals surface area contributed by atoms with E-state index in [1.165, 1.54) is 17.0 Å². The average Bonchev–Trinajstić information content (AvgIpc) is 2.90. The fourth-order valence-corrected chi connectivity index (χ4v) is 3.28. The van der Waals surface area contributed by atoms with Crippen LogP contribution in [-0.2, 0) is 25.7 Å². The highest BCUT2D eigenvalue weighted by Crippen LogP contribution is 2.22. The van der Waals surface area contributed by atoms with Crippen LogP contribution in [0.3, 0.4) is 0 Å². The highest BCUT2D eigenvalue weighted by atomic mass is 16.5. The minimum absolute atomic E-state index is 0.0446. The van der Waals surface area contributed by atoms with Crippen LogP contribution >= 0.6 is 0 Å². The molecule has 2 aromatic rings. The second-order valence-corrected chi connectivity index (χ2v) is 6.93. The van der Waals surface area contributed by atoms with E-state index in [4.69, 9.17) is 13.9 Å². The van der Waals surface area contributed by atoms with Gasteiger partial charge in [-0.25, -0.2) is 9.59 Å². The van der Waals surface area contributed by atoms with Gasteiger partial charge in [0.2, 0.25) is 5.91 Å². The van der Waals surface area contributed by atoms with Crippen molar-refractivity contribution in [3.05, 3.63) is 40.2 Å². The molecule has 1 aliphatic rings. The van der Waals surface area contributed by atoms with Crippen molar-refractivity contribution in [3.63, 3.8) is 0 Å². The zero-order valence-electron chi connectivity index (χ0n) is 16.8. The molecule has 2 amide bonds. The molecule has 0 unspecified atom stereocenters. The fraction of sp³-hybridized carbons (Fsp3) is 0.429. The van der Waals surface area contributed by atoms with E-state index in [1.807, 2.05) is 0 Å². The molecule has 0 aliphatic carbocycles. The van der Waals surface area contributed by atoms with Gasteiger partial charge in [0.25, 0.3) is 0 Å². The maximum absolute atomic E-state index is 12.2. The van der Waals surface area contributed by atoms with Crippen molar-refractivity contribution in [1.29, 1.82) is 0 Å². The second kappa shape index (κ2) is 9.91. The Hall–Kier alpha value is -3.36. The Kier molecular flexibility index (Phi) is 7.05. The van der Waals surface area contributed by atoms with Crippen LogP contribution < -0.4 is 10.9 Å². The number of carbonyl (C=O) groups excluding carboxylic acids is 3. The maximum atomic E-state index is 12.2. The Morgan fingerprint density at radius 2 is 1.97 bits per heavy atom. The van der Waals surface area contributed by atoms with E-state index in [-0.39, 0.29) is 31.2 Å². The summed E-state index contributed by atoms with van der Waals surface area (Å²) in [6.07, 6.45) is 2.50. The fourth-order valence-electron chi connectivity index (χ4n) is 3.28. The zero-order chi connectivity index (χ0) is 21.5. The molecule has 1 aliphatic heterocycles. The number of ether oxygens (including phenoxy) is 2. The van der Waals surface area contributed by atoms with Gasteiger partial charge in [-0.05, 0) is 31.9 Å². The number of esters is 1. The predicted octanol–water partition coefficient (Wildman–Crippen LogP) is 2.81. The van der Waals surface area contributed by atoms with Crippen LogP contribution in [0.5, 0.6) is 0 Å². The number of hydrogen-bond acceptors (Lipinski definition) is 7. The summed E-state index contributed by atoms with van der Waals surface area (Å²) >= 11 is 0. The lowest BCUT2D eigenvalue weighted by atomic mass is 10.1. The van der Waals surface area contributed by atoms with Gasteiger partial charge in [-0.2, -0.15) is 0 Å². The summed E-state index contributed by atoms with van der Waals surface area (Å²) in [5.41, 5.74) is 0.507. The topological polar surface area (TPSA) is 115 Å². The Morgan fingerprint density at radius 1 is 1.13 bits per heavy atom. The maximum Gasteiger partial charge on any atom is 0.411 e. The molecule has 9 heteroatoms. The van der Waals surface area contributed by atoms with Crippen molar-refractivity contribution in [2.75, 3.05) is 25.0 Å². The zero-order valence-corrected chi connectivity index (χ0v) is 16.8. The molecule has 1 N–H and O–H groups in total. The van der Waals surface area contributed by atoms with E-state index < -0.39 is 17.7 Å². The minimum Gasteiger partial charge on any atom is -0.459 e. The molecule has 0 radical (unpaired) electrons. The Morgan fingerprint density at radius 3 is 2.77 bits per heavy atom. The van der Waals surface area contributed by atoms with Gasteiger partial charge >= 0.3 is 17.7 Å². The van der Waals surface area contributed by atoms with Gasteiger partial charge in [0.1, 0.15) is 18.7 Å². The molecule has 0 saturated carbocycles. The van der Waals surface area contributed by atoms with Gasteiger partial charge in [0, 0.05) is 41.7 Å². The molecule has 2 heterocycles. The number of fused-ring (bicyclic) bond motifs is 1. The number of hydrogen-bond donors (Lipinski definition) is 1. The first-order chi connectivity index (χ1) is 14.5. The molecule has 1 fully saturated rings. The van der Waals surface area contributed by atoms with Gasteiger partial charge in [0.05, 0.1) is 6.61 Å². The van der Waals surface area contributed by atoms with Crippen LogP contribution in [0, 0.1) is 0 Å². The van der Waals surface area contributed by atoms with E-state index in [2.05, 4.69) is 5.32 Å². The first-order valence-electron chi connectivity index (χ1n) is 9.90.